The van der Waals surface area contributed by atoms with Gasteiger partial charge in [-0.3, -0.25) is 0 Å². The molecular formula is C11H5F3O3. The quantitative estimate of drug-likeness (QED) is 0.823. The molecule has 0 saturated heterocycles. The highest BCUT2D eigenvalue weighted by atomic mass is 19.2. The molecule has 0 radical (unpaired) electrons. The van der Waals surface area contributed by atoms with E-state index in [0.717, 1.165) is 6.07 Å². The molecule has 0 amide bonds. The number of carboxylic acid groups (broad SMARTS) is 1. The van der Waals surface area contributed by atoms with Crippen LogP contribution in [-0.2, 0) is 0 Å². The average Bonchev–Trinajstić information content (AvgIpc) is 2.72. The van der Waals surface area contributed by atoms with Crippen molar-refractivity contribution in [2.75, 3.05) is 0 Å². The van der Waals surface area contributed by atoms with Gasteiger partial charge in [0.05, 0.1) is 5.56 Å². The molecule has 88 valence electrons. The molecule has 1 heterocycles. The Morgan fingerprint density at radius 3 is 2.29 bits per heavy atom. The van der Waals surface area contributed by atoms with Crippen molar-refractivity contribution >= 4 is 5.97 Å². The first-order valence-corrected chi connectivity index (χ1v) is 4.47. The average molecular weight is 242 g/mol. The van der Waals surface area contributed by atoms with Crippen LogP contribution in [0.3, 0.4) is 0 Å². The summed E-state index contributed by atoms with van der Waals surface area (Å²) < 4.78 is 43.7. The Kier molecular flexibility index (Phi) is 2.63. The predicted octanol–water partition coefficient (Wildman–Crippen LogP) is 3.06. The van der Waals surface area contributed by atoms with Gasteiger partial charge in [-0.15, -0.1) is 0 Å². The maximum Gasteiger partial charge on any atom is 0.371 e. The van der Waals surface area contributed by atoms with Gasteiger partial charge in [0.2, 0.25) is 5.76 Å². The molecule has 1 aromatic heterocycles. The van der Waals surface area contributed by atoms with Crippen molar-refractivity contribution in [2.24, 2.45) is 0 Å². The van der Waals surface area contributed by atoms with Gasteiger partial charge < -0.3 is 9.52 Å². The second-order valence-corrected chi connectivity index (χ2v) is 3.22. The summed E-state index contributed by atoms with van der Waals surface area (Å²) in [6.07, 6.45) is 0. The van der Waals surface area contributed by atoms with Gasteiger partial charge in [-0.05, 0) is 18.2 Å². The van der Waals surface area contributed by atoms with Gasteiger partial charge in [0.25, 0.3) is 0 Å². The van der Waals surface area contributed by atoms with Crippen molar-refractivity contribution in [3.8, 4) is 11.3 Å². The lowest BCUT2D eigenvalue weighted by Gasteiger charge is -2.00. The van der Waals surface area contributed by atoms with Gasteiger partial charge in [0.15, 0.2) is 11.6 Å². The van der Waals surface area contributed by atoms with E-state index in [4.69, 9.17) is 9.52 Å². The van der Waals surface area contributed by atoms with Crippen LogP contribution >= 0.6 is 0 Å². The summed E-state index contributed by atoms with van der Waals surface area (Å²) >= 11 is 0. The van der Waals surface area contributed by atoms with Crippen LogP contribution in [0.2, 0.25) is 0 Å². The lowest BCUT2D eigenvalue weighted by atomic mass is 10.1. The van der Waals surface area contributed by atoms with Gasteiger partial charge in [-0.2, -0.15) is 0 Å². The number of hydrogen-bond donors (Lipinski definition) is 1. The monoisotopic (exact) mass is 242 g/mol. The van der Waals surface area contributed by atoms with E-state index < -0.39 is 29.2 Å². The van der Waals surface area contributed by atoms with Gasteiger partial charge in [-0.1, -0.05) is 0 Å². The van der Waals surface area contributed by atoms with E-state index in [1.807, 2.05) is 0 Å². The fourth-order valence-corrected chi connectivity index (χ4v) is 1.31. The fraction of sp³-hybridized carbons (Fsp3) is 0. The van der Waals surface area contributed by atoms with Crippen molar-refractivity contribution in [3.05, 3.63) is 47.5 Å². The number of halogens is 3. The second-order valence-electron chi connectivity index (χ2n) is 3.22. The van der Waals surface area contributed by atoms with Gasteiger partial charge >= 0.3 is 5.97 Å². The molecule has 0 bridgehead atoms. The standard InChI is InChI=1S/C11H5F3O3/c12-6-4-8(14)7(13)3-5(6)9-1-2-10(17-9)11(15)16/h1-4H,(H,15,16). The van der Waals surface area contributed by atoms with Gasteiger partial charge in [0.1, 0.15) is 11.6 Å². The van der Waals surface area contributed by atoms with Crippen LogP contribution < -0.4 is 0 Å². The highest BCUT2D eigenvalue weighted by Crippen LogP contribution is 2.27. The molecule has 1 N–H and O–H groups in total. The molecule has 0 unspecified atom stereocenters. The number of furan rings is 1. The van der Waals surface area contributed by atoms with E-state index in [9.17, 15) is 18.0 Å². The van der Waals surface area contributed by atoms with Gasteiger partial charge in [-0.25, -0.2) is 18.0 Å². The Labute approximate surface area is 93.1 Å². The first kappa shape index (κ1) is 11.3. The number of aromatic carboxylic acids is 1. The Hall–Kier alpha value is -2.24. The minimum absolute atomic E-state index is 0.182. The Morgan fingerprint density at radius 1 is 1.06 bits per heavy atom. The highest BCUT2D eigenvalue weighted by molar-refractivity contribution is 5.85. The smallest absolute Gasteiger partial charge is 0.371 e. The SMILES string of the molecule is O=C(O)c1ccc(-c2cc(F)c(F)cc2F)o1. The van der Waals surface area contributed by atoms with Crippen LogP contribution in [0.5, 0.6) is 0 Å². The maximum atomic E-state index is 13.3. The molecule has 3 nitrogen and oxygen atoms in total. The lowest BCUT2D eigenvalue weighted by Crippen LogP contribution is -1.92. The lowest BCUT2D eigenvalue weighted by molar-refractivity contribution is 0.0663. The molecule has 0 atom stereocenters. The van der Waals surface area contributed by atoms with Crippen molar-refractivity contribution in [2.45, 2.75) is 0 Å². The molecule has 0 fully saturated rings. The molecule has 0 saturated carbocycles. The van der Waals surface area contributed by atoms with Crippen LogP contribution in [-0.4, -0.2) is 11.1 Å². The summed E-state index contributed by atoms with van der Waals surface area (Å²) in [4.78, 5) is 10.5. The summed E-state index contributed by atoms with van der Waals surface area (Å²) in [7, 11) is 0. The largest absolute Gasteiger partial charge is 0.475 e. The topological polar surface area (TPSA) is 50.4 Å². The number of carboxylic acids is 1. The number of benzene rings is 1. The molecule has 0 spiro atoms. The van der Waals surface area contributed by atoms with Crippen LogP contribution in [0.25, 0.3) is 11.3 Å². The fourth-order valence-electron chi connectivity index (χ4n) is 1.31. The van der Waals surface area contributed by atoms with Gasteiger partial charge in [0, 0.05) is 6.07 Å². The van der Waals surface area contributed by atoms with Crippen molar-refractivity contribution in [1.29, 1.82) is 0 Å². The van der Waals surface area contributed by atoms with E-state index in [-0.39, 0.29) is 11.3 Å². The van der Waals surface area contributed by atoms with E-state index >= 15 is 0 Å². The molecule has 0 aliphatic heterocycles. The van der Waals surface area contributed by atoms with Crippen molar-refractivity contribution in [3.63, 3.8) is 0 Å². The molecule has 2 rings (SSSR count). The van der Waals surface area contributed by atoms with E-state index in [0.29, 0.717) is 12.1 Å². The zero-order valence-electron chi connectivity index (χ0n) is 8.21. The number of hydrogen-bond acceptors (Lipinski definition) is 2. The summed E-state index contributed by atoms with van der Waals surface area (Å²) in [5, 5.41) is 8.59. The van der Waals surface area contributed by atoms with Crippen molar-refractivity contribution in [1.82, 2.24) is 0 Å². The van der Waals surface area contributed by atoms with E-state index in [1.54, 1.807) is 0 Å². The zero-order chi connectivity index (χ0) is 12.6. The first-order chi connectivity index (χ1) is 7.99. The summed E-state index contributed by atoms with van der Waals surface area (Å²) in [5.74, 6) is -5.52. The molecule has 17 heavy (non-hydrogen) atoms. The minimum atomic E-state index is -1.33. The van der Waals surface area contributed by atoms with E-state index in [1.165, 1.54) is 6.07 Å². The summed E-state index contributed by atoms with van der Waals surface area (Å²) in [6.45, 7) is 0. The van der Waals surface area contributed by atoms with Crippen LogP contribution in [0.1, 0.15) is 10.6 Å². The molecule has 2 aromatic rings. The van der Waals surface area contributed by atoms with E-state index in [2.05, 4.69) is 0 Å². The van der Waals surface area contributed by atoms with Crippen LogP contribution in [0.15, 0.2) is 28.7 Å². The zero-order valence-corrected chi connectivity index (χ0v) is 8.21. The summed E-state index contributed by atoms with van der Waals surface area (Å²) in [5.41, 5.74) is -0.337. The minimum Gasteiger partial charge on any atom is -0.475 e. The normalized spacial score (nSPS) is 10.5. The Bertz CT molecular complexity index is 590. The maximum absolute atomic E-state index is 13.3. The molecular weight excluding hydrogens is 237 g/mol. The molecule has 0 aliphatic carbocycles. The van der Waals surface area contributed by atoms with Crippen molar-refractivity contribution < 1.29 is 27.5 Å². The predicted molar refractivity (Wildman–Crippen MR) is 51.0 cm³/mol. The number of carbonyl (C=O) groups is 1. The number of rotatable bonds is 2. The Balaban J connectivity index is 2.52. The molecule has 1 aromatic carbocycles. The third kappa shape index (κ3) is 2.01. The summed E-state index contributed by atoms with van der Waals surface area (Å²) in [6, 6.07) is 3.24. The first-order valence-electron chi connectivity index (χ1n) is 4.47. The highest BCUT2D eigenvalue weighted by Gasteiger charge is 2.16. The third-order valence-corrected chi connectivity index (χ3v) is 2.09. The second kappa shape index (κ2) is 3.97. The van der Waals surface area contributed by atoms with Crippen LogP contribution in [0, 0.1) is 17.5 Å². The van der Waals surface area contributed by atoms with Crippen LogP contribution in [0.4, 0.5) is 13.2 Å². The third-order valence-electron chi connectivity index (χ3n) is 2.09. The molecule has 0 aliphatic rings. The molecule has 6 heteroatoms. The Morgan fingerprint density at radius 2 is 1.71 bits per heavy atom.